The number of hydrogen-bond donors (Lipinski definition) is 4. The van der Waals surface area contributed by atoms with Crippen LogP contribution in [-0.2, 0) is 5.60 Å². The zero-order valence-electron chi connectivity index (χ0n) is 15.6. The van der Waals surface area contributed by atoms with Crippen molar-refractivity contribution in [3.05, 3.63) is 62.7 Å². The molecule has 1 aromatic carbocycles. The van der Waals surface area contributed by atoms with E-state index < -0.39 is 34.2 Å². The maximum absolute atomic E-state index is 13.7. The molecule has 6 nitrogen and oxygen atoms in total. The van der Waals surface area contributed by atoms with Gasteiger partial charge in [0.05, 0.1) is 11.7 Å². The second-order valence-corrected chi connectivity index (χ2v) is 8.20. The molecular formula is C19H19ClF2N4O2S. The van der Waals surface area contributed by atoms with Gasteiger partial charge in [-0.3, -0.25) is 4.79 Å². The Morgan fingerprint density at radius 2 is 2.03 bits per heavy atom. The molecule has 3 aromatic rings. The molecule has 10 heteroatoms. The Bertz CT molecular complexity index is 1020. The van der Waals surface area contributed by atoms with E-state index in [0.717, 1.165) is 12.1 Å². The molecule has 0 bridgehead atoms. The first-order chi connectivity index (χ1) is 13.6. The van der Waals surface area contributed by atoms with Crippen molar-refractivity contribution in [1.82, 2.24) is 15.3 Å². The van der Waals surface area contributed by atoms with Crippen LogP contribution < -0.4 is 11.1 Å². The number of carbonyl (C=O) groups excluding carboxylic acids is 1. The Kier molecular flexibility index (Phi) is 6.04. The van der Waals surface area contributed by atoms with Gasteiger partial charge in [-0.2, -0.15) is 0 Å². The Labute approximate surface area is 174 Å². The minimum Gasteiger partial charge on any atom is -0.384 e. The molecule has 29 heavy (non-hydrogen) atoms. The summed E-state index contributed by atoms with van der Waals surface area (Å²) >= 11 is 6.78. The zero-order chi connectivity index (χ0) is 21.3. The third-order valence-electron chi connectivity index (χ3n) is 4.21. The Morgan fingerprint density at radius 1 is 1.38 bits per heavy atom. The normalized spacial score (nSPS) is 12.8. The summed E-state index contributed by atoms with van der Waals surface area (Å²) in [5.74, 6) is -2.24. The zero-order valence-corrected chi connectivity index (χ0v) is 17.2. The fourth-order valence-corrected chi connectivity index (χ4v) is 3.75. The van der Waals surface area contributed by atoms with E-state index in [-0.39, 0.29) is 17.8 Å². The number of aromatic nitrogens is 2. The molecule has 3 rings (SSSR count). The van der Waals surface area contributed by atoms with E-state index in [2.05, 4.69) is 15.3 Å². The highest BCUT2D eigenvalue weighted by Gasteiger charge is 2.24. The van der Waals surface area contributed by atoms with Crippen LogP contribution in [0.3, 0.4) is 0 Å². The van der Waals surface area contributed by atoms with Crippen molar-refractivity contribution in [3.63, 3.8) is 0 Å². The molecule has 2 aromatic heterocycles. The molecule has 2 heterocycles. The summed E-state index contributed by atoms with van der Waals surface area (Å²) in [7, 11) is 0. The summed E-state index contributed by atoms with van der Waals surface area (Å²) in [6.07, 6.45) is 0. The lowest BCUT2D eigenvalue weighted by Gasteiger charge is -2.15. The monoisotopic (exact) mass is 440 g/mol. The van der Waals surface area contributed by atoms with Crippen LogP contribution in [-0.4, -0.2) is 27.5 Å². The Balaban J connectivity index is 1.78. The van der Waals surface area contributed by atoms with E-state index in [1.54, 1.807) is 19.2 Å². The van der Waals surface area contributed by atoms with Gasteiger partial charge in [-0.1, -0.05) is 11.6 Å². The molecule has 0 fully saturated rings. The molecule has 5 N–H and O–H groups in total. The second kappa shape index (κ2) is 8.19. The molecule has 0 saturated heterocycles. The average molecular weight is 441 g/mol. The number of thiazole rings is 1. The minimum atomic E-state index is -1.10. The van der Waals surface area contributed by atoms with Gasteiger partial charge in [0.1, 0.15) is 33.0 Å². The van der Waals surface area contributed by atoms with Gasteiger partial charge in [0, 0.05) is 23.2 Å². The number of carbonyl (C=O) groups is 1. The first-order valence-electron chi connectivity index (χ1n) is 8.63. The van der Waals surface area contributed by atoms with Crippen LogP contribution >= 0.6 is 22.9 Å². The number of aromatic amines is 1. The van der Waals surface area contributed by atoms with E-state index in [4.69, 9.17) is 17.3 Å². The van der Waals surface area contributed by atoms with Gasteiger partial charge >= 0.3 is 0 Å². The second-order valence-electron chi connectivity index (χ2n) is 6.93. The van der Waals surface area contributed by atoms with Crippen molar-refractivity contribution in [1.29, 1.82) is 0 Å². The molecule has 1 atom stereocenters. The summed E-state index contributed by atoms with van der Waals surface area (Å²) in [5.41, 5.74) is 5.92. The van der Waals surface area contributed by atoms with Crippen LogP contribution in [0.15, 0.2) is 29.6 Å². The van der Waals surface area contributed by atoms with E-state index in [9.17, 15) is 18.7 Å². The molecule has 0 unspecified atom stereocenters. The summed E-state index contributed by atoms with van der Waals surface area (Å²) < 4.78 is 27.4. The number of benzene rings is 1. The molecule has 1 amide bonds. The standard InChI is InChI=1S/C19H19ClF2N4O2S/c1-19(2,28)15-8-29-18(26-15)14(7-23)25-17(27)13-4-3-12(24-13)9-5-10(21)16(20)11(22)6-9/h3-6,8,14,24,28H,7,23H2,1-2H3,(H,25,27)/t14-/m1/s1. The maximum Gasteiger partial charge on any atom is 0.268 e. The maximum atomic E-state index is 13.7. The van der Waals surface area contributed by atoms with Crippen LogP contribution in [0.25, 0.3) is 11.3 Å². The van der Waals surface area contributed by atoms with Crippen molar-refractivity contribution >= 4 is 28.8 Å². The predicted octanol–water partition coefficient (Wildman–Crippen LogP) is 3.73. The number of H-pyrrole nitrogens is 1. The summed E-state index contributed by atoms with van der Waals surface area (Å²) in [5, 5.41) is 14.5. The fourth-order valence-electron chi connectivity index (χ4n) is 2.59. The molecular weight excluding hydrogens is 422 g/mol. The van der Waals surface area contributed by atoms with Crippen molar-refractivity contribution in [2.24, 2.45) is 5.73 Å². The van der Waals surface area contributed by atoms with E-state index in [0.29, 0.717) is 16.4 Å². The lowest BCUT2D eigenvalue weighted by Crippen LogP contribution is -2.33. The number of hydrogen-bond acceptors (Lipinski definition) is 5. The fraction of sp³-hybridized carbons (Fsp3) is 0.263. The Morgan fingerprint density at radius 3 is 2.59 bits per heavy atom. The smallest absolute Gasteiger partial charge is 0.268 e. The molecule has 0 saturated carbocycles. The van der Waals surface area contributed by atoms with Crippen molar-refractivity contribution in [2.75, 3.05) is 6.54 Å². The van der Waals surface area contributed by atoms with Crippen LogP contribution in [0.5, 0.6) is 0 Å². The highest BCUT2D eigenvalue weighted by molar-refractivity contribution is 7.09. The number of nitrogens with two attached hydrogens (primary N) is 1. The molecule has 0 radical (unpaired) electrons. The van der Waals surface area contributed by atoms with Gasteiger partial charge in [-0.25, -0.2) is 13.8 Å². The molecule has 0 aliphatic heterocycles. The topological polar surface area (TPSA) is 104 Å². The number of nitrogens with zero attached hydrogens (tertiary/aromatic N) is 1. The number of halogens is 3. The van der Waals surface area contributed by atoms with Crippen LogP contribution in [0.1, 0.15) is 41.1 Å². The van der Waals surface area contributed by atoms with Crippen molar-refractivity contribution in [2.45, 2.75) is 25.5 Å². The molecule has 154 valence electrons. The van der Waals surface area contributed by atoms with Gasteiger partial charge in [-0.15, -0.1) is 11.3 Å². The van der Waals surface area contributed by atoms with Crippen molar-refractivity contribution < 1.29 is 18.7 Å². The van der Waals surface area contributed by atoms with Gasteiger partial charge in [0.15, 0.2) is 0 Å². The van der Waals surface area contributed by atoms with Crippen molar-refractivity contribution in [3.8, 4) is 11.3 Å². The minimum absolute atomic E-state index is 0.103. The quantitative estimate of drug-likeness (QED) is 0.438. The van der Waals surface area contributed by atoms with Crippen LogP contribution in [0.2, 0.25) is 5.02 Å². The van der Waals surface area contributed by atoms with Crippen LogP contribution in [0, 0.1) is 11.6 Å². The SMILES string of the molecule is CC(C)(O)c1csc([C@@H](CN)NC(=O)c2ccc(-c3cc(F)c(Cl)c(F)c3)[nH]2)n1. The predicted molar refractivity (Wildman–Crippen MR) is 108 cm³/mol. The largest absolute Gasteiger partial charge is 0.384 e. The Hall–Kier alpha value is -2.33. The van der Waals surface area contributed by atoms with E-state index >= 15 is 0 Å². The highest BCUT2D eigenvalue weighted by Crippen LogP contribution is 2.28. The number of amides is 1. The first kappa shape index (κ1) is 21.4. The van der Waals surface area contributed by atoms with Gasteiger partial charge in [0.2, 0.25) is 0 Å². The van der Waals surface area contributed by atoms with Crippen LogP contribution in [0.4, 0.5) is 8.78 Å². The number of nitrogens with one attached hydrogen (secondary N) is 2. The van der Waals surface area contributed by atoms with Gasteiger partial charge < -0.3 is 21.1 Å². The first-order valence-corrected chi connectivity index (χ1v) is 9.89. The third-order valence-corrected chi connectivity index (χ3v) is 5.53. The lowest BCUT2D eigenvalue weighted by atomic mass is 10.1. The summed E-state index contributed by atoms with van der Waals surface area (Å²) in [4.78, 5) is 19.8. The van der Waals surface area contributed by atoms with E-state index in [1.165, 1.54) is 23.5 Å². The number of aliphatic hydroxyl groups is 1. The molecule has 0 aliphatic rings. The summed E-state index contributed by atoms with van der Waals surface area (Å²) in [6.45, 7) is 3.33. The average Bonchev–Trinajstić information content (AvgIpc) is 3.32. The summed E-state index contributed by atoms with van der Waals surface area (Å²) in [6, 6.07) is 4.63. The third kappa shape index (κ3) is 4.64. The molecule has 0 aliphatic carbocycles. The number of rotatable bonds is 6. The molecule has 0 spiro atoms. The highest BCUT2D eigenvalue weighted by atomic mass is 35.5. The van der Waals surface area contributed by atoms with E-state index in [1.807, 2.05) is 0 Å². The lowest BCUT2D eigenvalue weighted by molar-refractivity contribution is 0.0743. The van der Waals surface area contributed by atoms with Gasteiger partial charge in [-0.05, 0) is 38.1 Å². The van der Waals surface area contributed by atoms with Gasteiger partial charge in [0.25, 0.3) is 5.91 Å².